The number of pyridine rings is 1. The molecule has 0 atom stereocenters. The van der Waals surface area contributed by atoms with Crippen LogP contribution in [-0.4, -0.2) is 39.6 Å². The molecule has 2 rings (SSSR count). The van der Waals surface area contributed by atoms with E-state index in [2.05, 4.69) is 4.98 Å². The third kappa shape index (κ3) is 3.51. The zero-order chi connectivity index (χ0) is 16.5. The lowest BCUT2D eigenvalue weighted by Crippen LogP contribution is -2.35. The Hall–Kier alpha value is -2.64. The van der Waals surface area contributed by atoms with Crippen LogP contribution in [0.15, 0.2) is 18.3 Å². The lowest BCUT2D eigenvalue weighted by atomic mass is 10.1. The second-order valence-corrected chi connectivity index (χ2v) is 5.97. The first-order chi connectivity index (χ1) is 10.2. The van der Waals surface area contributed by atoms with Gasteiger partial charge in [0.1, 0.15) is 17.6 Å². The van der Waals surface area contributed by atoms with Crippen molar-refractivity contribution in [2.24, 2.45) is 0 Å². The first kappa shape index (κ1) is 15.7. The summed E-state index contributed by atoms with van der Waals surface area (Å²) in [6.45, 7) is 6.02. The summed E-state index contributed by atoms with van der Waals surface area (Å²) in [5, 5.41) is 10.8. The normalized spacial score (nSPS) is 14.7. The van der Waals surface area contributed by atoms with Crippen LogP contribution >= 0.6 is 0 Å². The van der Waals surface area contributed by atoms with Crippen molar-refractivity contribution in [3.8, 4) is 0 Å². The van der Waals surface area contributed by atoms with Gasteiger partial charge in [-0.2, -0.15) is 0 Å². The summed E-state index contributed by atoms with van der Waals surface area (Å²) in [5.41, 5.74) is 6.26. The Labute approximate surface area is 127 Å². The van der Waals surface area contributed by atoms with Gasteiger partial charge in [-0.3, -0.25) is 10.1 Å². The molecule has 0 saturated heterocycles. The molecule has 2 N–H and O–H groups in total. The molecule has 0 spiro atoms. The summed E-state index contributed by atoms with van der Waals surface area (Å²) in [5.74, 6) is 0.197. The SMILES string of the molecule is CC(C)(C)OC(=O)N1CC=C(c2cc([N+](=O)[O-])cnc2N)C1. The third-order valence-electron chi connectivity index (χ3n) is 3.03. The molecule has 8 nitrogen and oxygen atoms in total. The fraction of sp³-hybridized carbons (Fsp3) is 0.429. The molecule has 22 heavy (non-hydrogen) atoms. The number of hydrogen-bond acceptors (Lipinski definition) is 6. The molecule has 0 unspecified atom stereocenters. The average Bonchev–Trinajstić information content (AvgIpc) is 2.86. The highest BCUT2D eigenvalue weighted by atomic mass is 16.6. The molecule has 0 saturated carbocycles. The van der Waals surface area contributed by atoms with E-state index in [1.165, 1.54) is 11.0 Å². The molecule has 118 valence electrons. The maximum Gasteiger partial charge on any atom is 0.410 e. The van der Waals surface area contributed by atoms with Crippen molar-refractivity contribution < 1.29 is 14.5 Å². The Balaban J connectivity index is 2.15. The van der Waals surface area contributed by atoms with Crippen LogP contribution in [0.2, 0.25) is 0 Å². The molecule has 1 amide bonds. The van der Waals surface area contributed by atoms with E-state index >= 15 is 0 Å². The number of nitro groups is 1. The van der Waals surface area contributed by atoms with Gasteiger partial charge >= 0.3 is 6.09 Å². The Bertz CT molecular complexity index is 649. The van der Waals surface area contributed by atoms with Crippen molar-refractivity contribution in [3.05, 3.63) is 34.0 Å². The van der Waals surface area contributed by atoms with Crippen LogP contribution < -0.4 is 5.73 Å². The van der Waals surface area contributed by atoms with Crippen molar-refractivity contribution >= 4 is 23.2 Å². The first-order valence-electron chi connectivity index (χ1n) is 6.74. The number of rotatable bonds is 2. The summed E-state index contributed by atoms with van der Waals surface area (Å²) < 4.78 is 5.30. The minimum atomic E-state index is -0.577. The van der Waals surface area contributed by atoms with Crippen LogP contribution in [0.4, 0.5) is 16.3 Å². The number of ether oxygens (including phenoxy) is 1. The standard InChI is InChI=1S/C14H18N4O4/c1-14(2,3)22-13(19)17-5-4-9(8-17)11-6-10(18(20)21)7-16-12(11)15/h4,6-7H,5,8H2,1-3H3,(H2,15,16). The van der Waals surface area contributed by atoms with Gasteiger partial charge in [0.05, 0.1) is 4.92 Å². The van der Waals surface area contributed by atoms with E-state index in [0.717, 1.165) is 11.8 Å². The molecule has 0 aromatic carbocycles. The first-order valence-corrected chi connectivity index (χ1v) is 6.74. The van der Waals surface area contributed by atoms with Crippen LogP contribution in [0.3, 0.4) is 0 Å². The number of anilines is 1. The smallest absolute Gasteiger partial charge is 0.410 e. The van der Waals surface area contributed by atoms with E-state index in [-0.39, 0.29) is 18.1 Å². The van der Waals surface area contributed by atoms with Gasteiger partial charge in [-0.25, -0.2) is 9.78 Å². The van der Waals surface area contributed by atoms with E-state index in [1.54, 1.807) is 26.8 Å². The zero-order valence-corrected chi connectivity index (χ0v) is 12.7. The molecule has 1 aromatic rings. The second-order valence-electron chi connectivity index (χ2n) is 5.97. The molecule has 2 heterocycles. The van der Waals surface area contributed by atoms with Crippen LogP contribution in [0.5, 0.6) is 0 Å². The molecule has 0 bridgehead atoms. The molecule has 0 radical (unpaired) electrons. The monoisotopic (exact) mass is 306 g/mol. The minimum absolute atomic E-state index is 0.138. The van der Waals surface area contributed by atoms with E-state index in [1.807, 2.05) is 0 Å². The molecule has 0 fully saturated rings. The number of aromatic nitrogens is 1. The second kappa shape index (κ2) is 5.63. The van der Waals surface area contributed by atoms with Gasteiger partial charge in [0, 0.05) is 24.7 Å². The topological polar surface area (TPSA) is 112 Å². The Morgan fingerprint density at radius 2 is 2.18 bits per heavy atom. The van der Waals surface area contributed by atoms with Crippen molar-refractivity contribution in [2.45, 2.75) is 26.4 Å². The fourth-order valence-corrected chi connectivity index (χ4v) is 2.04. The highest BCUT2D eigenvalue weighted by Crippen LogP contribution is 2.28. The van der Waals surface area contributed by atoms with Crippen molar-refractivity contribution in [1.82, 2.24) is 9.88 Å². The Morgan fingerprint density at radius 3 is 2.77 bits per heavy atom. The highest BCUT2D eigenvalue weighted by molar-refractivity contribution is 5.81. The summed E-state index contributed by atoms with van der Waals surface area (Å²) in [7, 11) is 0. The van der Waals surface area contributed by atoms with Crippen LogP contribution in [-0.2, 0) is 4.74 Å². The van der Waals surface area contributed by atoms with Gasteiger partial charge in [-0.1, -0.05) is 6.08 Å². The lowest BCUT2D eigenvalue weighted by Gasteiger charge is -2.24. The fourth-order valence-electron chi connectivity index (χ4n) is 2.04. The third-order valence-corrected chi connectivity index (χ3v) is 3.03. The largest absolute Gasteiger partial charge is 0.444 e. The van der Waals surface area contributed by atoms with Crippen LogP contribution in [0.1, 0.15) is 26.3 Å². The number of nitrogens with zero attached hydrogens (tertiary/aromatic N) is 3. The summed E-state index contributed by atoms with van der Waals surface area (Å²) in [6, 6.07) is 1.37. The van der Waals surface area contributed by atoms with Gasteiger partial charge in [0.25, 0.3) is 5.69 Å². The van der Waals surface area contributed by atoms with Gasteiger partial charge in [-0.05, 0) is 26.3 Å². The van der Waals surface area contributed by atoms with Crippen molar-refractivity contribution in [1.29, 1.82) is 0 Å². The van der Waals surface area contributed by atoms with Gasteiger partial charge in [-0.15, -0.1) is 0 Å². The number of nitrogen functional groups attached to an aromatic ring is 1. The summed E-state index contributed by atoms with van der Waals surface area (Å²) in [6.07, 6.45) is 2.47. The maximum atomic E-state index is 12.0. The van der Waals surface area contributed by atoms with Crippen molar-refractivity contribution in [3.63, 3.8) is 0 Å². The molecular formula is C14H18N4O4. The maximum absolute atomic E-state index is 12.0. The summed E-state index contributed by atoms with van der Waals surface area (Å²) >= 11 is 0. The van der Waals surface area contributed by atoms with E-state index in [0.29, 0.717) is 12.1 Å². The molecular weight excluding hydrogens is 288 g/mol. The predicted octanol–water partition coefficient (Wildman–Crippen LogP) is 2.21. The van der Waals surface area contributed by atoms with Gasteiger partial charge in [0.2, 0.25) is 0 Å². The van der Waals surface area contributed by atoms with Crippen LogP contribution in [0, 0.1) is 10.1 Å². The molecule has 0 aliphatic carbocycles. The van der Waals surface area contributed by atoms with E-state index in [4.69, 9.17) is 10.5 Å². The number of hydrogen-bond donors (Lipinski definition) is 1. The Kier molecular flexibility index (Phi) is 4.03. The van der Waals surface area contributed by atoms with Crippen LogP contribution in [0.25, 0.3) is 5.57 Å². The molecule has 1 aliphatic rings. The van der Waals surface area contributed by atoms with Gasteiger partial charge < -0.3 is 15.4 Å². The average molecular weight is 306 g/mol. The lowest BCUT2D eigenvalue weighted by molar-refractivity contribution is -0.385. The molecule has 1 aliphatic heterocycles. The minimum Gasteiger partial charge on any atom is -0.444 e. The number of carbonyl (C=O) groups excluding carboxylic acids is 1. The highest BCUT2D eigenvalue weighted by Gasteiger charge is 2.27. The van der Waals surface area contributed by atoms with Crippen molar-refractivity contribution in [2.75, 3.05) is 18.8 Å². The molecule has 8 heteroatoms. The molecule has 1 aromatic heterocycles. The quantitative estimate of drug-likeness (QED) is 0.662. The Morgan fingerprint density at radius 1 is 1.50 bits per heavy atom. The predicted molar refractivity (Wildman–Crippen MR) is 81.1 cm³/mol. The summed E-state index contributed by atoms with van der Waals surface area (Å²) in [4.78, 5) is 27.6. The number of amides is 1. The zero-order valence-electron chi connectivity index (χ0n) is 12.7. The van der Waals surface area contributed by atoms with E-state index in [9.17, 15) is 14.9 Å². The van der Waals surface area contributed by atoms with E-state index < -0.39 is 16.6 Å². The van der Waals surface area contributed by atoms with Gasteiger partial charge in [0.15, 0.2) is 0 Å². The number of nitrogens with two attached hydrogens (primary N) is 1. The number of carbonyl (C=O) groups is 1.